The highest BCUT2D eigenvalue weighted by atomic mass is 16.4. The summed E-state index contributed by atoms with van der Waals surface area (Å²) in [7, 11) is 0. The maximum atomic E-state index is 12.6. The Bertz CT molecular complexity index is 614. The van der Waals surface area contributed by atoms with E-state index in [0.29, 0.717) is 12.3 Å². The summed E-state index contributed by atoms with van der Waals surface area (Å²) in [5.41, 5.74) is 0.787. The van der Waals surface area contributed by atoms with Crippen molar-refractivity contribution in [3.63, 3.8) is 0 Å². The summed E-state index contributed by atoms with van der Waals surface area (Å²) in [5, 5.41) is 11.8. The van der Waals surface area contributed by atoms with Crippen molar-refractivity contribution < 1.29 is 19.5 Å². The second kappa shape index (κ2) is 9.89. The standard InChI is InChI=1S/C19H27N3O4/c1-14(21-17(23)11-15-5-3-2-4-6-15)19(26)22(13-18(24)25)12-16-7-9-20-10-8-16/h7-10,14-15H,2-6,11-13H2,1H3,(H,21,23)(H,24,25). The van der Waals surface area contributed by atoms with E-state index >= 15 is 0 Å². The van der Waals surface area contributed by atoms with Crippen molar-refractivity contribution in [3.8, 4) is 0 Å². The number of nitrogens with one attached hydrogen (secondary N) is 1. The monoisotopic (exact) mass is 361 g/mol. The van der Waals surface area contributed by atoms with E-state index in [4.69, 9.17) is 5.11 Å². The lowest BCUT2D eigenvalue weighted by Gasteiger charge is -2.26. The number of rotatable bonds is 8. The Morgan fingerprint density at radius 3 is 2.50 bits per heavy atom. The number of aromatic nitrogens is 1. The predicted octanol–water partition coefficient (Wildman–Crippen LogP) is 1.97. The molecule has 7 nitrogen and oxygen atoms in total. The van der Waals surface area contributed by atoms with Crippen LogP contribution in [-0.4, -0.2) is 45.4 Å². The molecule has 142 valence electrons. The zero-order valence-corrected chi connectivity index (χ0v) is 15.2. The smallest absolute Gasteiger partial charge is 0.323 e. The predicted molar refractivity (Wildman–Crippen MR) is 96.1 cm³/mol. The fourth-order valence-electron chi connectivity index (χ4n) is 3.37. The van der Waals surface area contributed by atoms with Gasteiger partial charge in [0.1, 0.15) is 12.6 Å². The highest BCUT2D eigenvalue weighted by Crippen LogP contribution is 2.26. The summed E-state index contributed by atoms with van der Waals surface area (Å²) in [6.45, 7) is 1.35. The van der Waals surface area contributed by atoms with Crippen molar-refractivity contribution in [2.75, 3.05) is 6.54 Å². The van der Waals surface area contributed by atoms with Crippen LogP contribution in [0, 0.1) is 5.92 Å². The number of carbonyl (C=O) groups is 3. The summed E-state index contributed by atoms with van der Waals surface area (Å²) < 4.78 is 0. The van der Waals surface area contributed by atoms with E-state index in [1.165, 1.54) is 11.3 Å². The van der Waals surface area contributed by atoms with Gasteiger partial charge in [0.05, 0.1) is 0 Å². The van der Waals surface area contributed by atoms with Crippen LogP contribution in [0.25, 0.3) is 0 Å². The van der Waals surface area contributed by atoms with Crippen LogP contribution >= 0.6 is 0 Å². The number of carboxylic acids is 1. The molecule has 2 rings (SSSR count). The van der Waals surface area contributed by atoms with Gasteiger partial charge in [0, 0.05) is 25.4 Å². The molecule has 7 heteroatoms. The average Bonchev–Trinajstić information content (AvgIpc) is 2.61. The molecule has 0 spiro atoms. The Balaban J connectivity index is 1.92. The SMILES string of the molecule is CC(NC(=O)CC1CCCCC1)C(=O)N(CC(=O)O)Cc1ccncc1. The number of carbonyl (C=O) groups excluding carboxylic acids is 2. The first kappa shape index (κ1) is 19.9. The topological polar surface area (TPSA) is 99.6 Å². The lowest BCUT2D eigenvalue weighted by Crippen LogP contribution is -2.48. The molecule has 0 bridgehead atoms. The molecule has 0 radical (unpaired) electrons. The maximum absolute atomic E-state index is 12.6. The Hall–Kier alpha value is -2.44. The first-order chi connectivity index (χ1) is 12.5. The summed E-state index contributed by atoms with van der Waals surface area (Å²) in [4.78, 5) is 41.1. The Labute approximate surface area is 153 Å². The van der Waals surface area contributed by atoms with Crippen LogP contribution in [0.5, 0.6) is 0 Å². The third-order valence-electron chi connectivity index (χ3n) is 4.71. The summed E-state index contributed by atoms with van der Waals surface area (Å²) in [6, 6.07) is 2.70. The summed E-state index contributed by atoms with van der Waals surface area (Å²) >= 11 is 0. The quantitative estimate of drug-likeness (QED) is 0.737. The molecule has 0 aliphatic heterocycles. The van der Waals surface area contributed by atoms with Gasteiger partial charge in [-0.2, -0.15) is 0 Å². The molecule has 1 unspecified atom stereocenters. The number of carboxylic acid groups (broad SMARTS) is 1. The second-order valence-corrected chi connectivity index (χ2v) is 6.94. The van der Waals surface area contributed by atoms with Crippen LogP contribution in [-0.2, 0) is 20.9 Å². The lowest BCUT2D eigenvalue weighted by atomic mass is 9.87. The van der Waals surface area contributed by atoms with Crippen molar-refractivity contribution in [2.24, 2.45) is 5.92 Å². The van der Waals surface area contributed by atoms with Crippen LogP contribution in [0.15, 0.2) is 24.5 Å². The van der Waals surface area contributed by atoms with Gasteiger partial charge >= 0.3 is 5.97 Å². The average molecular weight is 361 g/mol. The first-order valence-electron chi connectivity index (χ1n) is 9.14. The van der Waals surface area contributed by atoms with Gasteiger partial charge in [-0.25, -0.2) is 0 Å². The molecule has 1 saturated carbocycles. The van der Waals surface area contributed by atoms with Crippen molar-refractivity contribution in [2.45, 2.75) is 58.0 Å². The summed E-state index contributed by atoms with van der Waals surface area (Å²) in [5.74, 6) is -1.25. The summed E-state index contributed by atoms with van der Waals surface area (Å²) in [6.07, 6.45) is 9.27. The fourth-order valence-corrected chi connectivity index (χ4v) is 3.37. The highest BCUT2D eigenvalue weighted by molar-refractivity contribution is 5.89. The minimum Gasteiger partial charge on any atom is -0.480 e. The number of amides is 2. The number of aliphatic carboxylic acids is 1. The van der Waals surface area contributed by atoms with Crippen molar-refractivity contribution in [3.05, 3.63) is 30.1 Å². The Kier molecular flexibility index (Phi) is 7.56. The number of pyridine rings is 1. The van der Waals surface area contributed by atoms with E-state index in [2.05, 4.69) is 10.3 Å². The van der Waals surface area contributed by atoms with Crippen LogP contribution in [0.4, 0.5) is 0 Å². The van der Waals surface area contributed by atoms with Gasteiger partial charge in [-0.3, -0.25) is 19.4 Å². The van der Waals surface area contributed by atoms with Gasteiger partial charge in [-0.15, -0.1) is 0 Å². The molecule has 2 N–H and O–H groups in total. The van der Waals surface area contributed by atoms with E-state index in [-0.39, 0.29) is 12.5 Å². The first-order valence-corrected chi connectivity index (χ1v) is 9.14. The van der Waals surface area contributed by atoms with Crippen molar-refractivity contribution >= 4 is 17.8 Å². The number of hydrogen-bond acceptors (Lipinski definition) is 4. The zero-order chi connectivity index (χ0) is 18.9. The van der Waals surface area contributed by atoms with E-state index in [1.807, 2.05) is 0 Å². The molecule has 26 heavy (non-hydrogen) atoms. The Morgan fingerprint density at radius 2 is 1.88 bits per heavy atom. The number of nitrogens with zero attached hydrogens (tertiary/aromatic N) is 2. The van der Waals surface area contributed by atoms with Gasteiger partial charge in [0.15, 0.2) is 0 Å². The van der Waals surface area contributed by atoms with Crippen LogP contribution < -0.4 is 5.32 Å². The van der Waals surface area contributed by atoms with Gasteiger partial charge < -0.3 is 15.3 Å². The van der Waals surface area contributed by atoms with Crippen LogP contribution in [0.2, 0.25) is 0 Å². The molecule has 1 aliphatic carbocycles. The molecule has 1 aromatic rings. The Morgan fingerprint density at radius 1 is 1.23 bits per heavy atom. The molecular formula is C19H27N3O4. The third-order valence-corrected chi connectivity index (χ3v) is 4.71. The molecule has 1 fully saturated rings. The normalized spacial score (nSPS) is 15.9. The molecule has 1 aromatic heterocycles. The third kappa shape index (κ3) is 6.46. The largest absolute Gasteiger partial charge is 0.480 e. The molecule has 1 aliphatic rings. The van der Waals surface area contributed by atoms with Crippen LogP contribution in [0.1, 0.15) is 51.0 Å². The molecule has 1 atom stereocenters. The molecule has 0 saturated heterocycles. The maximum Gasteiger partial charge on any atom is 0.323 e. The van der Waals surface area contributed by atoms with E-state index < -0.39 is 24.5 Å². The van der Waals surface area contributed by atoms with E-state index in [9.17, 15) is 14.4 Å². The van der Waals surface area contributed by atoms with Gasteiger partial charge in [-0.05, 0) is 43.4 Å². The second-order valence-electron chi connectivity index (χ2n) is 6.94. The number of hydrogen-bond donors (Lipinski definition) is 2. The minimum absolute atomic E-state index is 0.142. The minimum atomic E-state index is -1.09. The molecule has 1 heterocycles. The van der Waals surface area contributed by atoms with Crippen LogP contribution in [0.3, 0.4) is 0 Å². The van der Waals surface area contributed by atoms with Crippen molar-refractivity contribution in [1.82, 2.24) is 15.2 Å². The lowest BCUT2D eigenvalue weighted by molar-refractivity contribution is -0.146. The van der Waals surface area contributed by atoms with E-state index in [0.717, 1.165) is 31.2 Å². The zero-order valence-electron chi connectivity index (χ0n) is 15.2. The molecular weight excluding hydrogens is 334 g/mol. The van der Waals surface area contributed by atoms with E-state index in [1.54, 1.807) is 31.5 Å². The van der Waals surface area contributed by atoms with Gasteiger partial charge in [0.2, 0.25) is 11.8 Å². The van der Waals surface area contributed by atoms with Gasteiger partial charge in [-0.1, -0.05) is 19.3 Å². The molecule has 0 aromatic carbocycles. The fraction of sp³-hybridized carbons (Fsp3) is 0.579. The van der Waals surface area contributed by atoms with Crippen molar-refractivity contribution in [1.29, 1.82) is 0 Å². The highest BCUT2D eigenvalue weighted by Gasteiger charge is 2.25. The molecule has 2 amide bonds. The van der Waals surface area contributed by atoms with Gasteiger partial charge in [0.25, 0.3) is 0 Å².